The minimum absolute atomic E-state index is 0.0264. The Hall–Kier alpha value is -2.78. The summed E-state index contributed by atoms with van der Waals surface area (Å²) in [5.74, 6) is 1.07. The van der Waals surface area contributed by atoms with Crippen molar-refractivity contribution in [2.45, 2.75) is 18.4 Å². The van der Waals surface area contributed by atoms with E-state index in [-0.39, 0.29) is 17.3 Å². The minimum Gasteiger partial charge on any atom is -0.493 e. The molecule has 0 radical (unpaired) electrons. The van der Waals surface area contributed by atoms with Gasteiger partial charge in [-0.15, -0.1) is 0 Å². The van der Waals surface area contributed by atoms with Crippen molar-refractivity contribution in [2.24, 2.45) is 0 Å². The van der Waals surface area contributed by atoms with Gasteiger partial charge < -0.3 is 19.5 Å². The number of hydrogen-bond donors (Lipinski definition) is 2. The molecule has 0 atom stereocenters. The summed E-state index contributed by atoms with van der Waals surface area (Å²) in [6, 6.07) is 9.04. The van der Waals surface area contributed by atoms with E-state index in [0.717, 1.165) is 0 Å². The van der Waals surface area contributed by atoms with Gasteiger partial charge in [-0.2, -0.15) is 0 Å². The number of methoxy groups -OCH3 is 2. The van der Waals surface area contributed by atoms with Gasteiger partial charge in [-0.3, -0.25) is 4.79 Å². The van der Waals surface area contributed by atoms with Gasteiger partial charge in [-0.25, -0.2) is 13.1 Å². The molecule has 152 valence electrons. The van der Waals surface area contributed by atoms with E-state index in [0.29, 0.717) is 35.0 Å². The third-order valence-electron chi connectivity index (χ3n) is 3.93. The first-order chi connectivity index (χ1) is 13.4. The zero-order chi connectivity index (χ0) is 20.7. The van der Waals surface area contributed by atoms with Crippen molar-refractivity contribution < 1.29 is 27.4 Å². The molecule has 0 aliphatic rings. The molecule has 0 saturated heterocycles. The molecule has 2 aromatic rings. The Balaban J connectivity index is 2.21. The molecule has 1 amide bonds. The molecular weight excluding hydrogens is 384 g/mol. The van der Waals surface area contributed by atoms with Crippen LogP contribution in [0.15, 0.2) is 41.3 Å². The summed E-state index contributed by atoms with van der Waals surface area (Å²) >= 11 is 0. The smallest absolute Gasteiger partial charge is 0.251 e. The Kier molecular flexibility index (Phi) is 7.24. The largest absolute Gasteiger partial charge is 0.493 e. The molecule has 9 heteroatoms. The standard InChI is InChI=1S/C19H24N2O6S/c1-5-27-18-16(25-3)10-13(11-17(18)26-4)12-21-28(23,24)15-8-6-14(7-9-15)19(22)20-2/h6-11,21H,5,12H2,1-4H3,(H,20,22). The van der Waals surface area contributed by atoms with Crippen molar-refractivity contribution in [3.8, 4) is 17.2 Å². The van der Waals surface area contributed by atoms with Crippen LogP contribution >= 0.6 is 0 Å². The lowest BCUT2D eigenvalue weighted by atomic mass is 10.2. The number of benzene rings is 2. The summed E-state index contributed by atoms with van der Waals surface area (Å²) in [4.78, 5) is 11.6. The SMILES string of the molecule is CCOc1c(OC)cc(CNS(=O)(=O)c2ccc(C(=O)NC)cc2)cc1OC. The molecule has 0 unspecified atom stereocenters. The van der Waals surface area contributed by atoms with Gasteiger partial charge in [0.05, 0.1) is 25.7 Å². The second kappa shape index (κ2) is 9.43. The Morgan fingerprint density at radius 1 is 1.04 bits per heavy atom. The van der Waals surface area contributed by atoms with E-state index in [1.54, 1.807) is 12.1 Å². The van der Waals surface area contributed by atoms with Crippen molar-refractivity contribution in [3.63, 3.8) is 0 Å². The monoisotopic (exact) mass is 408 g/mol. The molecule has 2 N–H and O–H groups in total. The van der Waals surface area contributed by atoms with Crippen molar-refractivity contribution >= 4 is 15.9 Å². The first kappa shape index (κ1) is 21.5. The van der Waals surface area contributed by atoms with Gasteiger partial charge in [0.1, 0.15) is 0 Å². The average molecular weight is 408 g/mol. The Morgan fingerprint density at radius 3 is 2.07 bits per heavy atom. The fourth-order valence-corrected chi connectivity index (χ4v) is 3.53. The van der Waals surface area contributed by atoms with Crippen LogP contribution in [0.25, 0.3) is 0 Å². The van der Waals surface area contributed by atoms with E-state index in [9.17, 15) is 13.2 Å². The van der Waals surface area contributed by atoms with Gasteiger partial charge in [-0.1, -0.05) is 0 Å². The van der Waals surface area contributed by atoms with E-state index in [1.807, 2.05) is 6.92 Å². The maximum atomic E-state index is 12.5. The van der Waals surface area contributed by atoms with Crippen LogP contribution in [0.2, 0.25) is 0 Å². The summed E-state index contributed by atoms with van der Waals surface area (Å²) in [6.07, 6.45) is 0. The van der Waals surface area contributed by atoms with Gasteiger partial charge in [-0.05, 0) is 48.9 Å². The van der Waals surface area contributed by atoms with Gasteiger partial charge in [0.15, 0.2) is 11.5 Å². The van der Waals surface area contributed by atoms with E-state index < -0.39 is 10.0 Å². The summed E-state index contributed by atoms with van der Waals surface area (Å²) < 4.78 is 43.8. The third-order valence-corrected chi connectivity index (χ3v) is 5.35. The van der Waals surface area contributed by atoms with Gasteiger partial charge >= 0.3 is 0 Å². The van der Waals surface area contributed by atoms with Crippen LogP contribution in [-0.2, 0) is 16.6 Å². The van der Waals surface area contributed by atoms with Crippen molar-refractivity contribution in [2.75, 3.05) is 27.9 Å². The second-order valence-electron chi connectivity index (χ2n) is 5.69. The highest BCUT2D eigenvalue weighted by Crippen LogP contribution is 2.38. The van der Waals surface area contributed by atoms with Crippen LogP contribution in [-0.4, -0.2) is 42.2 Å². The number of amides is 1. The average Bonchev–Trinajstić information content (AvgIpc) is 2.72. The Morgan fingerprint density at radius 2 is 1.61 bits per heavy atom. The predicted molar refractivity (Wildman–Crippen MR) is 105 cm³/mol. The highest BCUT2D eigenvalue weighted by atomic mass is 32.2. The van der Waals surface area contributed by atoms with E-state index in [2.05, 4.69) is 10.0 Å². The highest BCUT2D eigenvalue weighted by Gasteiger charge is 2.17. The zero-order valence-corrected chi connectivity index (χ0v) is 17.1. The second-order valence-corrected chi connectivity index (χ2v) is 7.46. The zero-order valence-electron chi connectivity index (χ0n) is 16.2. The van der Waals surface area contributed by atoms with Gasteiger partial charge in [0, 0.05) is 19.2 Å². The molecule has 2 rings (SSSR count). The first-order valence-corrected chi connectivity index (χ1v) is 10.0. The van der Waals surface area contributed by atoms with E-state index >= 15 is 0 Å². The summed E-state index contributed by atoms with van der Waals surface area (Å²) in [7, 11) is 0.745. The number of hydrogen-bond acceptors (Lipinski definition) is 6. The number of ether oxygens (including phenoxy) is 3. The summed E-state index contributed by atoms with van der Waals surface area (Å²) in [5.41, 5.74) is 1.02. The maximum Gasteiger partial charge on any atom is 0.251 e. The van der Waals surface area contributed by atoms with Crippen LogP contribution in [0.4, 0.5) is 0 Å². The quantitative estimate of drug-likeness (QED) is 0.657. The highest BCUT2D eigenvalue weighted by molar-refractivity contribution is 7.89. The molecule has 0 aromatic heterocycles. The van der Waals surface area contributed by atoms with E-state index in [1.165, 1.54) is 45.5 Å². The summed E-state index contributed by atoms with van der Waals surface area (Å²) in [6.45, 7) is 2.31. The molecule has 0 heterocycles. The van der Waals surface area contributed by atoms with Crippen molar-refractivity contribution in [1.29, 1.82) is 0 Å². The molecular formula is C19H24N2O6S. The summed E-state index contributed by atoms with van der Waals surface area (Å²) in [5, 5.41) is 2.48. The fourth-order valence-electron chi connectivity index (χ4n) is 2.51. The molecule has 28 heavy (non-hydrogen) atoms. The van der Waals surface area contributed by atoms with Crippen molar-refractivity contribution in [1.82, 2.24) is 10.0 Å². The van der Waals surface area contributed by atoms with Crippen LogP contribution in [0, 0.1) is 0 Å². The lowest BCUT2D eigenvalue weighted by molar-refractivity contribution is 0.0963. The number of carbonyl (C=O) groups is 1. The normalized spacial score (nSPS) is 11.0. The fraction of sp³-hybridized carbons (Fsp3) is 0.316. The molecule has 0 saturated carbocycles. The Labute approximate surface area is 164 Å². The maximum absolute atomic E-state index is 12.5. The molecule has 0 fully saturated rings. The molecule has 0 bridgehead atoms. The van der Waals surface area contributed by atoms with Gasteiger partial charge in [0.25, 0.3) is 5.91 Å². The first-order valence-electron chi connectivity index (χ1n) is 8.55. The van der Waals surface area contributed by atoms with Gasteiger partial charge in [0.2, 0.25) is 15.8 Å². The number of sulfonamides is 1. The van der Waals surface area contributed by atoms with E-state index in [4.69, 9.17) is 14.2 Å². The molecule has 0 aliphatic heterocycles. The van der Waals surface area contributed by atoms with Crippen LogP contribution < -0.4 is 24.2 Å². The van der Waals surface area contributed by atoms with Crippen LogP contribution in [0.3, 0.4) is 0 Å². The molecule has 8 nitrogen and oxygen atoms in total. The van der Waals surface area contributed by atoms with Crippen LogP contribution in [0.5, 0.6) is 17.2 Å². The Bertz CT molecular complexity index is 901. The minimum atomic E-state index is -3.76. The van der Waals surface area contributed by atoms with Crippen molar-refractivity contribution in [3.05, 3.63) is 47.5 Å². The number of rotatable bonds is 9. The molecule has 0 aliphatic carbocycles. The topological polar surface area (TPSA) is 103 Å². The number of nitrogens with one attached hydrogen (secondary N) is 2. The van der Waals surface area contributed by atoms with Crippen LogP contribution in [0.1, 0.15) is 22.8 Å². The molecule has 0 spiro atoms. The number of carbonyl (C=O) groups excluding carboxylic acids is 1. The predicted octanol–water partition coefficient (Wildman–Crippen LogP) is 1.94. The molecule has 2 aromatic carbocycles. The lowest BCUT2D eigenvalue weighted by Crippen LogP contribution is -2.23. The lowest BCUT2D eigenvalue weighted by Gasteiger charge is -2.15. The third kappa shape index (κ3) is 4.93.